The summed E-state index contributed by atoms with van der Waals surface area (Å²) in [5.74, 6) is -0.0507. The highest BCUT2D eigenvalue weighted by atomic mass is 19.1. The molecule has 0 aliphatic heterocycles. The van der Waals surface area contributed by atoms with Crippen molar-refractivity contribution in [3.05, 3.63) is 35.6 Å². The van der Waals surface area contributed by atoms with E-state index in [1.165, 1.54) is 19.1 Å². The average Bonchev–Trinajstić information content (AvgIpc) is 2.15. The zero-order valence-electron chi connectivity index (χ0n) is 8.99. The Balaban J connectivity index is 3.10. The lowest BCUT2D eigenvalue weighted by molar-refractivity contribution is -0.115. The Morgan fingerprint density at radius 3 is 2.20 bits per heavy atom. The maximum atomic E-state index is 12.7. The summed E-state index contributed by atoms with van der Waals surface area (Å²) in [5, 5.41) is 0. The normalized spacial score (nSPS) is 11.3. The maximum absolute atomic E-state index is 12.7. The number of nitrogens with zero attached hydrogens (tertiary/aromatic N) is 2. The van der Waals surface area contributed by atoms with Gasteiger partial charge < -0.3 is 4.90 Å². The molecule has 0 saturated carbocycles. The quantitative estimate of drug-likeness (QED) is 0.519. The minimum atomic E-state index is -0.306. The maximum Gasteiger partial charge on any atom is 0.244 e. The number of benzene rings is 1. The number of rotatable bonds is 1. The van der Waals surface area contributed by atoms with Gasteiger partial charge in [-0.1, -0.05) is 0 Å². The zero-order chi connectivity index (χ0) is 11.4. The van der Waals surface area contributed by atoms with Crippen LogP contribution < -0.4 is 0 Å². The standard InChI is InChI=1S/C11H13FN2O/c1-8(15)13-11(14(2)3)9-4-6-10(12)7-5-9/h4-7H,1-3H3/b13-11-. The van der Waals surface area contributed by atoms with E-state index in [0.717, 1.165) is 5.56 Å². The molecule has 3 nitrogen and oxygen atoms in total. The van der Waals surface area contributed by atoms with Gasteiger partial charge in [-0.15, -0.1) is 0 Å². The molecule has 0 aliphatic carbocycles. The molecule has 0 radical (unpaired) electrons. The van der Waals surface area contributed by atoms with Gasteiger partial charge in [0.2, 0.25) is 5.91 Å². The average molecular weight is 208 g/mol. The van der Waals surface area contributed by atoms with Gasteiger partial charge in [-0.3, -0.25) is 4.79 Å². The summed E-state index contributed by atoms with van der Waals surface area (Å²) >= 11 is 0. The first-order valence-electron chi connectivity index (χ1n) is 4.53. The van der Waals surface area contributed by atoms with Crippen LogP contribution in [0.4, 0.5) is 4.39 Å². The van der Waals surface area contributed by atoms with E-state index in [1.807, 2.05) is 0 Å². The van der Waals surface area contributed by atoms with Crippen LogP contribution in [0, 0.1) is 5.82 Å². The molecule has 0 aromatic heterocycles. The van der Waals surface area contributed by atoms with Gasteiger partial charge in [0, 0.05) is 26.6 Å². The third kappa shape index (κ3) is 3.16. The SMILES string of the molecule is CC(=O)/N=C(/c1ccc(F)cc1)N(C)C. The summed E-state index contributed by atoms with van der Waals surface area (Å²) in [6, 6.07) is 5.87. The van der Waals surface area contributed by atoms with Crippen LogP contribution >= 0.6 is 0 Å². The number of amidine groups is 1. The highest BCUT2D eigenvalue weighted by Gasteiger charge is 2.06. The number of hydrogen-bond acceptors (Lipinski definition) is 1. The van der Waals surface area contributed by atoms with E-state index in [2.05, 4.69) is 4.99 Å². The molecule has 80 valence electrons. The van der Waals surface area contributed by atoms with Crippen LogP contribution in [0.3, 0.4) is 0 Å². The molecule has 0 N–H and O–H groups in total. The van der Waals surface area contributed by atoms with Crippen LogP contribution in [0.25, 0.3) is 0 Å². The Morgan fingerprint density at radius 1 is 1.27 bits per heavy atom. The third-order valence-corrected chi connectivity index (χ3v) is 1.79. The fraction of sp³-hybridized carbons (Fsp3) is 0.273. The molecule has 15 heavy (non-hydrogen) atoms. The molecule has 0 saturated heterocycles. The molecular weight excluding hydrogens is 195 g/mol. The molecule has 0 heterocycles. The predicted molar refractivity (Wildman–Crippen MR) is 57.3 cm³/mol. The van der Waals surface area contributed by atoms with Crippen LogP contribution in [0.2, 0.25) is 0 Å². The summed E-state index contributed by atoms with van der Waals surface area (Å²) in [6.07, 6.45) is 0. The van der Waals surface area contributed by atoms with Gasteiger partial charge in [0.05, 0.1) is 0 Å². The number of carbonyl (C=O) groups is 1. The van der Waals surface area contributed by atoms with Crippen LogP contribution in [0.1, 0.15) is 12.5 Å². The summed E-state index contributed by atoms with van der Waals surface area (Å²) in [6.45, 7) is 1.38. The molecule has 4 heteroatoms. The van der Waals surface area contributed by atoms with Gasteiger partial charge in [-0.2, -0.15) is 4.99 Å². The third-order valence-electron chi connectivity index (χ3n) is 1.79. The first-order chi connectivity index (χ1) is 7.00. The smallest absolute Gasteiger partial charge is 0.244 e. The minimum absolute atomic E-state index is 0.275. The largest absolute Gasteiger partial charge is 0.362 e. The Hall–Kier alpha value is -1.71. The number of hydrogen-bond donors (Lipinski definition) is 0. The summed E-state index contributed by atoms with van der Waals surface area (Å²) in [7, 11) is 3.57. The highest BCUT2D eigenvalue weighted by molar-refractivity contribution is 6.04. The second kappa shape index (κ2) is 4.68. The molecule has 0 aliphatic rings. The van der Waals surface area contributed by atoms with Crippen LogP contribution in [0.5, 0.6) is 0 Å². The Bertz CT molecular complexity index is 382. The lowest BCUT2D eigenvalue weighted by Gasteiger charge is -2.15. The topological polar surface area (TPSA) is 32.7 Å². The Morgan fingerprint density at radius 2 is 1.80 bits per heavy atom. The number of aliphatic imine (C=N–C) groups is 1. The molecule has 1 amide bonds. The van der Waals surface area contributed by atoms with E-state index in [0.29, 0.717) is 5.84 Å². The lowest BCUT2D eigenvalue weighted by Crippen LogP contribution is -2.24. The van der Waals surface area contributed by atoms with Crippen molar-refractivity contribution in [2.75, 3.05) is 14.1 Å². The number of carbonyl (C=O) groups excluding carboxylic acids is 1. The van der Waals surface area contributed by atoms with E-state index in [9.17, 15) is 9.18 Å². The monoisotopic (exact) mass is 208 g/mol. The molecule has 0 spiro atoms. The van der Waals surface area contributed by atoms with Crippen LogP contribution in [-0.2, 0) is 4.79 Å². The fourth-order valence-corrected chi connectivity index (χ4v) is 1.17. The lowest BCUT2D eigenvalue weighted by atomic mass is 10.2. The first-order valence-corrected chi connectivity index (χ1v) is 4.53. The van der Waals surface area contributed by atoms with E-state index >= 15 is 0 Å². The van der Waals surface area contributed by atoms with Gasteiger partial charge in [0.1, 0.15) is 11.7 Å². The summed E-state index contributed by atoms with van der Waals surface area (Å²) in [4.78, 5) is 16.5. The molecule has 1 aromatic carbocycles. The molecule has 1 rings (SSSR count). The fourth-order valence-electron chi connectivity index (χ4n) is 1.17. The zero-order valence-corrected chi connectivity index (χ0v) is 8.99. The van der Waals surface area contributed by atoms with Crippen LogP contribution in [-0.4, -0.2) is 30.7 Å². The van der Waals surface area contributed by atoms with Gasteiger partial charge in [0.25, 0.3) is 0 Å². The number of halogens is 1. The first kappa shape index (κ1) is 11.4. The van der Waals surface area contributed by atoms with Crippen molar-refractivity contribution < 1.29 is 9.18 Å². The number of amides is 1. The molecule has 0 fully saturated rings. The summed E-state index contributed by atoms with van der Waals surface area (Å²) in [5.41, 5.74) is 0.719. The minimum Gasteiger partial charge on any atom is -0.362 e. The predicted octanol–water partition coefficient (Wildman–Crippen LogP) is 1.68. The van der Waals surface area contributed by atoms with Crippen molar-refractivity contribution in [3.63, 3.8) is 0 Å². The van der Waals surface area contributed by atoms with Crippen molar-refractivity contribution in [2.45, 2.75) is 6.92 Å². The van der Waals surface area contributed by atoms with E-state index < -0.39 is 0 Å². The Labute approximate surface area is 88.2 Å². The van der Waals surface area contributed by atoms with Crippen molar-refractivity contribution >= 4 is 11.7 Å². The second-order valence-electron chi connectivity index (χ2n) is 3.36. The van der Waals surface area contributed by atoms with Gasteiger partial charge in [0.15, 0.2) is 0 Å². The molecule has 0 unspecified atom stereocenters. The van der Waals surface area contributed by atoms with E-state index in [1.54, 1.807) is 31.1 Å². The molecule has 1 aromatic rings. The van der Waals surface area contributed by atoms with Gasteiger partial charge in [-0.25, -0.2) is 4.39 Å². The van der Waals surface area contributed by atoms with Gasteiger partial charge >= 0.3 is 0 Å². The van der Waals surface area contributed by atoms with Crippen molar-refractivity contribution in [2.24, 2.45) is 4.99 Å². The van der Waals surface area contributed by atoms with Crippen LogP contribution in [0.15, 0.2) is 29.3 Å². The second-order valence-corrected chi connectivity index (χ2v) is 3.36. The summed E-state index contributed by atoms with van der Waals surface area (Å²) < 4.78 is 12.7. The van der Waals surface area contributed by atoms with Crippen molar-refractivity contribution in [1.82, 2.24) is 4.90 Å². The molecule has 0 bridgehead atoms. The van der Waals surface area contributed by atoms with Crippen molar-refractivity contribution in [3.8, 4) is 0 Å². The van der Waals surface area contributed by atoms with E-state index in [-0.39, 0.29) is 11.7 Å². The molecule has 0 atom stereocenters. The van der Waals surface area contributed by atoms with Crippen molar-refractivity contribution in [1.29, 1.82) is 0 Å². The Kier molecular flexibility index (Phi) is 3.55. The molecular formula is C11H13FN2O. The highest BCUT2D eigenvalue weighted by Crippen LogP contribution is 2.06. The van der Waals surface area contributed by atoms with Gasteiger partial charge in [-0.05, 0) is 24.3 Å². The van der Waals surface area contributed by atoms with E-state index in [4.69, 9.17) is 0 Å².